The van der Waals surface area contributed by atoms with Crippen LogP contribution in [0, 0.1) is 13.8 Å². The highest BCUT2D eigenvalue weighted by Crippen LogP contribution is 2.17. The van der Waals surface area contributed by atoms with E-state index in [9.17, 15) is 9.59 Å². The summed E-state index contributed by atoms with van der Waals surface area (Å²) in [6, 6.07) is 13.8. The fourth-order valence-corrected chi connectivity index (χ4v) is 2.53. The number of ether oxygens (including phenoxy) is 1. The van der Waals surface area contributed by atoms with Gasteiger partial charge < -0.3 is 10.1 Å². The minimum atomic E-state index is -0.884. The second-order valence-electron chi connectivity index (χ2n) is 7.04. The van der Waals surface area contributed by atoms with Crippen LogP contribution in [0.1, 0.15) is 48.9 Å². The summed E-state index contributed by atoms with van der Waals surface area (Å²) in [4.78, 5) is 24.3. The van der Waals surface area contributed by atoms with Crippen LogP contribution in [0.25, 0.3) is 6.08 Å². The Balaban J connectivity index is 1.92. The maximum atomic E-state index is 12.3. The number of hydrogen-bond donors (Lipinski definition) is 1. The molecule has 0 radical (unpaired) electrons. The van der Waals surface area contributed by atoms with Gasteiger partial charge in [-0.15, -0.1) is 0 Å². The molecule has 1 atom stereocenters. The SMILES string of the molecule is Cc1ccc(C)c(NC(=O)C(C)OC(=O)/C=C/c2ccc(C(C)C)cc2)c1. The Labute approximate surface area is 161 Å². The molecule has 1 amide bonds. The van der Waals surface area contributed by atoms with Crippen molar-refractivity contribution in [3.8, 4) is 0 Å². The first kappa shape index (κ1) is 20.4. The van der Waals surface area contributed by atoms with Gasteiger partial charge in [-0.05, 0) is 61.1 Å². The number of nitrogens with one attached hydrogen (secondary N) is 1. The fraction of sp³-hybridized carbons (Fsp3) is 0.304. The summed E-state index contributed by atoms with van der Waals surface area (Å²) in [6.07, 6.45) is 2.14. The molecule has 2 rings (SSSR count). The molecule has 1 unspecified atom stereocenters. The first-order valence-corrected chi connectivity index (χ1v) is 9.13. The average Bonchev–Trinajstić information content (AvgIpc) is 2.63. The van der Waals surface area contributed by atoms with Crippen molar-refractivity contribution in [2.45, 2.75) is 46.6 Å². The fourth-order valence-electron chi connectivity index (χ4n) is 2.53. The quantitative estimate of drug-likeness (QED) is 0.578. The van der Waals surface area contributed by atoms with Crippen LogP contribution in [0.3, 0.4) is 0 Å². The molecule has 0 bridgehead atoms. The molecule has 142 valence electrons. The van der Waals surface area contributed by atoms with Crippen molar-refractivity contribution < 1.29 is 14.3 Å². The largest absolute Gasteiger partial charge is 0.449 e. The lowest BCUT2D eigenvalue weighted by Crippen LogP contribution is -2.29. The predicted molar refractivity (Wildman–Crippen MR) is 110 cm³/mol. The minimum Gasteiger partial charge on any atom is -0.449 e. The van der Waals surface area contributed by atoms with Crippen molar-refractivity contribution in [3.05, 3.63) is 70.8 Å². The van der Waals surface area contributed by atoms with E-state index in [0.717, 1.165) is 22.4 Å². The van der Waals surface area contributed by atoms with Gasteiger partial charge in [0.2, 0.25) is 0 Å². The van der Waals surface area contributed by atoms with Gasteiger partial charge in [-0.2, -0.15) is 0 Å². The predicted octanol–water partition coefficient (Wildman–Crippen LogP) is 5.01. The van der Waals surface area contributed by atoms with Crippen LogP contribution < -0.4 is 5.32 Å². The lowest BCUT2D eigenvalue weighted by atomic mass is 10.0. The minimum absolute atomic E-state index is 0.355. The Kier molecular flexibility index (Phi) is 6.94. The van der Waals surface area contributed by atoms with Gasteiger partial charge in [0, 0.05) is 11.8 Å². The van der Waals surface area contributed by atoms with Crippen LogP contribution in [0.5, 0.6) is 0 Å². The molecule has 0 heterocycles. The zero-order valence-corrected chi connectivity index (χ0v) is 16.6. The Hall–Kier alpha value is -2.88. The smallest absolute Gasteiger partial charge is 0.331 e. The zero-order chi connectivity index (χ0) is 20.0. The lowest BCUT2D eigenvalue weighted by Gasteiger charge is -2.14. The first-order valence-electron chi connectivity index (χ1n) is 9.13. The second kappa shape index (κ2) is 9.17. The van der Waals surface area contributed by atoms with Crippen molar-refractivity contribution >= 4 is 23.6 Å². The molecule has 0 saturated carbocycles. The highest BCUT2D eigenvalue weighted by molar-refractivity contribution is 5.97. The molecule has 0 aliphatic carbocycles. The summed E-state index contributed by atoms with van der Waals surface area (Å²) in [7, 11) is 0. The van der Waals surface area contributed by atoms with Crippen molar-refractivity contribution in [2.24, 2.45) is 0 Å². The van der Waals surface area contributed by atoms with E-state index in [1.165, 1.54) is 11.6 Å². The summed E-state index contributed by atoms with van der Waals surface area (Å²) in [5.74, 6) is -0.442. The van der Waals surface area contributed by atoms with Gasteiger partial charge >= 0.3 is 5.97 Å². The van der Waals surface area contributed by atoms with Crippen LogP contribution >= 0.6 is 0 Å². The topological polar surface area (TPSA) is 55.4 Å². The molecule has 4 heteroatoms. The number of benzene rings is 2. The highest BCUT2D eigenvalue weighted by Gasteiger charge is 2.17. The molecule has 0 aromatic heterocycles. The van der Waals surface area contributed by atoms with E-state index in [-0.39, 0.29) is 5.91 Å². The van der Waals surface area contributed by atoms with E-state index < -0.39 is 12.1 Å². The lowest BCUT2D eigenvalue weighted by molar-refractivity contribution is -0.148. The molecule has 1 N–H and O–H groups in total. The normalized spacial score (nSPS) is 12.2. The summed E-state index contributed by atoms with van der Waals surface area (Å²) >= 11 is 0. The summed E-state index contributed by atoms with van der Waals surface area (Å²) in [5, 5.41) is 2.81. The molecular formula is C23H27NO3. The summed E-state index contributed by atoms with van der Waals surface area (Å²) in [6.45, 7) is 9.69. The number of rotatable bonds is 6. The van der Waals surface area contributed by atoms with Crippen molar-refractivity contribution in [1.82, 2.24) is 0 Å². The van der Waals surface area contributed by atoms with E-state index in [1.807, 2.05) is 56.3 Å². The summed E-state index contributed by atoms with van der Waals surface area (Å²) in [5.41, 5.74) is 4.88. The standard InChI is InChI=1S/C23H27NO3/c1-15(2)20-11-8-19(9-12-20)10-13-22(25)27-18(5)23(26)24-21-14-16(3)6-7-17(21)4/h6-15,18H,1-5H3,(H,24,26)/b13-10+. The van der Waals surface area contributed by atoms with Gasteiger partial charge in [0.25, 0.3) is 5.91 Å². The molecule has 0 aliphatic rings. The molecule has 0 saturated heterocycles. The number of carbonyl (C=O) groups excluding carboxylic acids is 2. The van der Waals surface area contributed by atoms with Crippen LogP contribution in [0.2, 0.25) is 0 Å². The third-order valence-corrected chi connectivity index (χ3v) is 4.33. The maximum Gasteiger partial charge on any atom is 0.331 e. The van der Waals surface area contributed by atoms with Crippen LogP contribution in [-0.4, -0.2) is 18.0 Å². The first-order chi connectivity index (χ1) is 12.8. The maximum absolute atomic E-state index is 12.3. The molecule has 0 aliphatic heterocycles. The Morgan fingerprint density at radius 2 is 1.67 bits per heavy atom. The Morgan fingerprint density at radius 1 is 1.00 bits per heavy atom. The second-order valence-corrected chi connectivity index (χ2v) is 7.04. The highest BCUT2D eigenvalue weighted by atomic mass is 16.5. The number of anilines is 1. The number of amides is 1. The van der Waals surface area contributed by atoms with Crippen molar-refractivity contribution in [2.75, 3.05) is 5.32 Å². The molecule has 0 fully saturated rings. The molecule has 4 nitrogen and oxygen atoms in total. The van der Waals surface area contributed by atoms with E-state index in [0.29, 0.717) is 5.92 Å². The van der Waals surface area contributed by atoms with Gasteiger partial charge in [-0.25, -0.2) is 4.79 Å². The van der Waals surface area contributed by atoms with Crippen molar-refractivity contribution in [3.63, 3.8) is 0 Å². The molecule has 27 heavy (non-hydrogen) atoms. The van der Waals surface area contributed by atoms with Gasteiger partial charge in [0.1, 0.15) is 0 Å². The van der Waals surface area contributed by atoms with E-state index in [4.69, 9.17) is 4.74 Å². The van der Waals surface area contributed by atoms with E-state index in [2.05, 4.69) is 19.2 Å². The summed E-state index contributed by atoms with van der Waals surface area (Å²) < 4.78 is 5.20. The average molecular weight is 365 g/mol. The molecule has 0 spiro atoms. The van der Waals surface area contributed by atoms with Gasteiger partial charge in [0.05, 0.1) is 0 Å². The van der Waals surface area contributed by atoms with Crippen LogP contribution in [0.4, 0.5) is 5.69 Å². The van der Waals surface area contributed by atoms with E-state index >= 15 is 0 Å². The van der Waals surface area contributed by atoms with Gasteiger partial charge in [0.15, 0.2) is 6.10 Å². The molecular weight excluding hydrogens is 338 g/mol. The van der Waals surface area contributed by atoms with E-state index in [1.54, 1.807) is 13.0 Å². The number of esters is 1. The number of carbonyl (C=O) groups is 2. The third kappa shape index (κ3) is 6.10. The number of hydrogen-bond acceptors (Lipinski definition) is 3. The van der Waals surface area contributed by atoms with Crippen molar-refractivity contribution in [1.29, 1.82) is 0 Å². The monoisotopic (exact) mass is 365 g/mol. The Morgan fingerprint density at radius 3 is 2.30 bits per heavy atom. The van der Waals surface area contributed by atoms with Gasteiger partial charge in [-0.1, -0.05) is 50.2 Å². The van der Waals surface area contributed by atoms with Gasteiger partial charge in [-0.3, -0.25) is 4.79 Å². The zero-order valence-electron chi connectivity index (χ0n) is 16.6. The molecule has 2 aromatic carbocycles. The van der Waals surface area contributed by atoms with Crippen LogP contribution in [-0.2, 0) is 14.3 Å². The number of aryl methyl sites for hydroxylation is 2. The third-order valence-electron chi connectivity index (χ3n) is 4.33. The Bertz CT molecular complexity index is 835. The van der Waals surface area contributed by atoms with Crippen LogP contribution in [0.15, 0.2) is 48.5 Å². The molecule has 2 aromatic rings.